The Labute approximate surface area is 198 Å². The highest BCUT2D eigenvalue weighted by Crippen LogP contribution is 2.35. The third kappa shape index (κ3) is 4.48. The van der Waals surface area contributed by atoms with Gasteiger partial charge in [0.2, 0.25) is 0 Å². The summed E-state index contributed by atoms with van der Waals surface area (Å²) in [5.74, 6) is 1.85. The van der Waals surface area contributed by atoms with Gasteiger partial charge in [0.25, 0.3) is 11.5 Å². The molecule has 170 valence electrons. The van der Waals surface area contributed by atoms with Crippen LogP contribution in [0.4, 0.5) is 5.82 Å². The molecular formula is C24H30N4O2S2. The third-order valence-corrected chi connectivity index (χ3v) is 7.23. The topological polar surface area (TPSA) is 57.9 Å². The largest absolute Gasteiger partial charge is 0.355 e. The lowest BCUT2D eigenvalue weighted by molar-refractivity contribution is -0.122. The van der Waals surface area contributed by atoms with Crippen LogP contribution in [0.3, 0.4) is 0 Å². The lowest BCUT2D eigenvalue weighted by Crippen LogP contribution is -2.40. The number of hydrogen-bond donors (Lipinski definition) is 0. The first-order chi connectivity index (χ1) is 15.1. The zero-order valence-corrected chi connectivity index (χ0v) is 20.9. The molecule has 6 nitrogen and oxygen atoms in total. The van der Waals surface area contributed by atoms with E-state index in [-0.39, 0.29) is 11.5 Å². The van der Waals surface area contributed by atoms with Crippen LogP contribution < -0.4 is 10.5 Å². The van der Waals surface area contributed by atoms with Crippen LogP contribution in [0.5, 0.6) is 0 Å². The van der Waals surface area contributed by atoms with Gasteiger partial charge in [-0.1, -0.05) is 57.7 Å². The van der Waals surface area contributed by atoms with Crippen LogP contribution in [0.15, 0.2) is 28.0 Å². The van der Waals surface area contributed by atoms with Gasteiger partial charge < -0.3 is 4.90 Å². The number of piperidine rings is 1. The molecule has 2 aliphatic rings. The van der Waals surface area contributed by atoms with Gasteiger partial charge in [-0.3, -0.25) is 18.9 Å². The second kappa shape index (κ2) is 8.98. The van der Waals surface area contributed by atoms with Crippen LogP contribution in [0.1, 0.15) is 45.2 Å². The predicted molar refractivity (Wildman–Crippen MR) is 136 cm³/mol. The summed E-state index contributed by atoms with van der Waals surface area (Å²) >= 11 is 6.73. The quantitative estimate of drug-likeness (QED) is 0.489. The van der Waals surface area contributed by atoms with E-state index in [1.807, 2.05) is 19.1 Å². The van der Waals surface area contributed by atoms with Gasteiger partial charge >= 0.3 is 0 Å². The molecule has 0 N–H and O–H groups in total. The summed E-state index contributed by atoms with van der Waals surface area (Å²) < 4.78 is 2.12. The standard InChI is InChI=1S/C24H30N4O2S2/c1-14(2)10-28-23(30)19(32-24(28)31)9-18-21(26-11-16(4)8-17(5)12-26)25-20-7-6-15(3)13-27(20)22(18)29/h6-7,9,13-14,16-17H,8,10-12H2,1-5H3/b19-9-/t16-,17-/m0/s1. The van der Waals surface area contributed by atoms with Crippen molar-refractivity contribution in [3.05, 3.63) is 44.7 Å². The minimum Gasteiger partial charge on any atom is -0.355 e. The van der Waals surface area contributed by atoms with Gasteiger partial charge in [0.1, 0.15) is 15.8 Å². The Balaban J connectivity index is 1.86. The monoisotopic (exact) mass is 470 g/mol. The maximum atomic E-state index is 13.6. The fourth-order valence-corrected chi connectivity index (χ4v) is 5.86. The molecular weight excluding hydrogens is 440 g/mol. The smallest absolute Gasteiger partial charge is 0.267 e. The van der Waals surface area contributed by atoms with Gasteiger partial charge in [-0.2, -0.15) is 0 Å². The lowest BCUT2D eigenvalue weighted by Gasteiger charge is -2.36. The first-order valence-corrected chi connectivity index (χ1v) is 12.4. The number of anilines is 1. The number of aryl methyl sites for hydroxylation is 1. The minimum absolute atomic E-state index is 0.131. The number of pyridine rings is 1. The van der Waals surface area contributed by atoms with E-state index in [9.17, 15) is 9.59 Å². The van der Waals surface area contributed by atoms with Crippen LogP contribution in [0, 0.1) is 24.7 Å². The summed E-state index contributed by atoms with van der Waals surface area (Å²) in [5.41, 5.74) is 1.89. The summed E-state index contributed by atoms with van der Waals surface area (Å²) in [4.78, 5) is 35.9. The SMILES string of the molecule is Cc1ccc2nc(N3C[C@@H](C)C[C@H](C)C3)c(/C=C3\SC(=S)N(CC(C)C)C3=O)c(=O)n2c1. The van der Waals surface area contributed by atoms with Gasteiger partial charge in [-0.15, -0.1) is 0 Å². The van der Waals surface area contributed by atoms with Gasteiger partial charge in [-0.25, -0.2) is 4.98 Å². The minimum atomic E-state index is -0.159. The van der Waals surface area contributed by atoms with Crippen LogP contribution in [-0.2, 0) is 4.79 Å². The average Bonchev–Trinajstić information content (AvgIpc) is 2.96. The summed E-state index contributed by atoms with van der Waals surface area (Å²) in [6.45, 7) is 12.8. The van der Waals surface area contributed by atoms with Crippen molar-refractivity contribution in [1.29, 1.82) is 0 Å². The number of hydrogen-bond acceptors (Lipinski definition) is 6. The van der Waals surface area contributed by atoms with Crippen LogP contribution in [-0.4, -0.2) is 44.1 Å². The molecule has 0 bridgehead atoms. The maximum Gasteiger partial charge on any atom is 0.267 e. The number of fused-ring (bicyclic) bond motifs is 1. The summed E-state index contributed by atoms with van der Waals surface area (Å²) in [6, 6.07) is 3.84. The zero-order chi connectivity index (χ0) is 23.2. The van der Waals surface area contributed by atoms with Gasteiger partial charge in [-0.05, 0) is 48.8 Å². The fourth-order valence-electron chi connectivity index (χ4n) is 4.60. The fraction of sp³-hybridized carbons (Fsp3) is 0.500. The summed E-state index contributed by atoms with van der Waals surface area (Å²) in [6.07, 6.45) is 4.67. The Morgan fingerprint density at radius 3 is 2.56 bits per heavy atom. The molecule has 0 unspecified atom stereocenters. The Morgan fingerprint density at radius 1 is 1.22 bits per heavy atom. The Morgan fingerprint density at radius 2 is 1.91 bits per heavy atom. The molecule has 32 heavy (non-hydrogen) atoms. The van der Waals surface area contributed by atoms with E-state index in [2.05, 4.69) is 32.6 Å². The Hall–Kier alpha value is -2.19. The van der Waals surface area contributed by atoms with Gasteiger partial charge in [0.05, 0.1) is 10.5 Å². The molecule has 0 saturated carbocycles. The molecule has 2 fully saturated rings. The zero-order valence-electron chi connectivity index (χ0n) is 19.3. The van der Waals surface area contributed by atoms with Crippen molar-refractivity contribution in [2.45, 2.75) is 41.0 Å². The first kappa shape index (κ1) is 23.0. The van der Waals surface area contributed by atoms with Crippen LogP contribution in [0.25, 0.3) is 11.7 Å². The highest BCUT2D eigenvalue weighted by molar-refractivity contribution is 8.26. The number of nitrogens with zero attached hydrogens (tertiary/aromatic N) is 4. The molecule has 0 aromatic carbocycles. The van der Waals surface area contributed by atoms with E-state index in [1.165, 1.54) is 11.8 Å². The highest BCUT2D eigenvalue weighted by Gasteiger charge is 2.33. The van der Waals surface area contributed by atoms with E-state index < -0.39 is 0 Å². The number of rotatable bonds is 4. The third-order valence-electron chi connectivity index (χ3n) is 5.85. The molecule has 0 radical (unpaired) electrons. The van der Waals surface area contributed by atoms with Crippen molar-refractivity contribution in [1.82, 2.24) is 14.3 Å². The molecule has 2 aliphatic heterocycles. The molecule has 1 amide bonds. The Bertz CT molecular complexity index is 1160. The molecule has 0 spiro atoms. The molecule has 4 rings (SSSR count). The normalized spacial score (nSPS) is 23.2. The van der Waals surface area contributed by atoms with Crippen molar-refractivity contribution in [3.8, 4) is 0 Å². The number of thioether (sulfide) groups is 1. The summed E-state index contributed by atoms with van der Waals surface area (Å²) in [7, 11) is 0. The van der Waals surface area contributed by atoms with E-state index in [0.717, 1.165) is 25.1 Å². The molecule has 0 aliphatic carbocycles. The average molecular weight is 471 g/mol. The molecule has 8 heteroatoms. The van der Waals surface area contributed by atoms with Crippen molar-refractivity contribution in [3.63, 3.8) is 0 Å². The van der Waals surface area contributed by atoms with Crippen molar-refractivity contribution < 1.29 is 4.79 Å². The predicted octanol–water partition coefficient (Wildman–Crippen LogP) is 4.34. The second-order valence-corrected chi connectivity index (χ2v) is 11.3. The van der Waals surface area contributed by atoms with E-state index in [1.54, 1.807) is 21.6 Å². The Kier molecular flexibility index (Phi) is 6.45. The molecule has 2 atom stereocenters. The van der Waals surface area contributed by atoms with Gasteiger partial charge in [0, 0.05) is 25.8 Å². The molecule has 2 saturated heterocycles. The van der Waals surface area contributed by atoms with Crippen molar-refractivity contribution in [2.24, 2.45) is 17.8 Å². The lowest BCUT2D eigenvalue weighted by atomic mass is 9.91. The number of thiocarbonyl (C=S) groups is 1. The summed E-state index contributed by atoms with van der Waals surface area (Å²) in [5, 5.41) is 0. The number of carbonyl (C=O) groups excluding carboxylic acids is 1. The second-order valence-electron chi connectivity index (χ2n) is 9.63. The number of carbonyl (C=O) groups is 1. The van der Waals surface area contributed by atoms with Crippen molar-refractivity contribution in [2.75, 3.05) is 24.5 Å². The van der Waals surface area contributed by atoms with Crippen molar-refractivity contribution >= 4 is 51.7 Å². The highest BCUT2D eigenvalue weighted by atomic mass is 32.2. The van der Waals surface area contributed by atoms with Crippen LogP contribution >= 0.6 is 24.0 Å². The molecule has 2 aromatic rings. The van der Waals surface area contributed by atoms with Gasteiger partial charge in [0.15, 0.2) is 0 Å². The maximum absolute atomic E-state index is 13.6. The van der Waals surface area contributed by atoms with E-state index in [0.29, 0.717) is 50.6 Å². The molecule has 4 heterocycles. The first-order valence-electron chi connectivity index (χ1n) is 11.2. The van der Waals surface area contributed by atoms with E-state index in [4.69, 9.17) is 17.2 Å². The van der Waals surface area contributed by atoms with E-state index >= 15 is 0 Å². The molecule has 2 aromatic heterocycles. The van der Waals surface area contributed by atoms with Crippen LogP contribution in [0.2, 0.25) is 0 Å². The number of amides is 1. The number of aromatic nitrogens is 2.